The quantitative estimate of drug-likeness (QED) is 0.720. The number of carbonyl (C=O) groups excluding carboxylic acids is 1. The molecule has 27 heavy (non-hydrogen) atoms. The van der Waals surface area contributed by atoms with Crippen LogP contribution in [0.3, 0.4) is 0 Å². The van der Waals surface area contributed by atoms with Crippen LogP contribution < -0.4 is 5.32 Å². The van der Waals surface area contributed by atoms with E-state index in [2.05, 4.69) is 25.6 Å². The van der Waals surface area contributed by atoms with Crippen molar-refractivity contribution in [2.75, 3.05) is 5.32 Å². The molecular weight excluding hydrogens is 381 g/mol. The Morgan fingerprint density at radius 1 is 1.33 bits per heavy atom. The Balaban J connectivity index is 1.71. The molecule has 1 saturated carbocycles. The van der Waals surface area contributed by atoms with Gasteiger partial charge >= 0.3 is 6.18 Å². The van der Waals surface area contributed by atoms with Gasteiger partial charge < -0.3 is 0 Å². The first-order chi connectivity index (χ1) is 12.7. The number of amides is 1. The first-order valence-corrected chi connectivity index (χ1v) is 9.16. The third-order valence-electron chi connectivity index (χ3n) is 4.20. The molecule has 0 saturated heterocycles. The number of anilines is 1. The third kappa shape index (κ3) is 3.38. The molecule has 1 aliphatic carbocycles. The molecule has 7 nitrogen and oxygen atoms in total. The van der Waals surface area contributed by atoms with Crippen molar-refractivity contribution in [2.45, 2.75) is 44.8 Å². The van der Waals surface area contributed by atoms with Crippen molar-refractivity contribution in [1.29, 1.82) is 0 Å². The summed E-state index contributed by atoms with van der Waals surface area (Å²) in [7, 11) is 0. The minimum absolute atomic E-state index is 0.0536. The van der Waals surface area contributed by atoms with E-state index in [1.54, 1.807) is 16.9 Å². The Morgan fingerprint density at radius 3 is 2.67 bits per heavy atom. The van der Waals surface area contributed by atoms with Crippen LogP contribution in [-0.2, 0) is 6.18 Å². The fourth-order valence-corrected chi connectivity index (χ4v) is 3.35. The number of alkyl halides is 3. The summed E-state index contributed by atoms with van der Waals surface area (Å²) in [6.07, 6.45) is -1.04. The summed E-state index contributed by atoms with van der Waals surface area (Å²) >= 11 is 0.286. The Morgan fingerprint density at radius 2 is 2.07 bits per heavy atom. The molecule has 1 fully saturated rings. The van der Waals surface area contributed by atoms with Gasteiger partial charge in [-0.3, -0.25) is 10.1 Å². The predicted molar refractivity (Wildman–Crippen MR) is 92.8 cm³/mol. The second-order valence-corrected chi connectivity index (χ2v) is 7.63. The van der Waals surface area contributed by atoms with Gasteiger partial charge in [-0.2, -0.15) is 18.3 Å². The van der Waals surface area contributed by atoms with Gasteiger partial charge in [0.2, 0.25) is 10.1 Å². The Kier molecular flexibility index (Phi) is 4.13. The van der Waals surface area contributed by atoms with E-state index < -0.39 is 17.1 Å². The standard InChI is InChI=1S/C16H15F3N6OS/c1-7(2)25-12-10(6-20-25)9(5-11(21-12)8-3-4-8)13(26)22-15-24-23-14(27-15)16(17,18)19/h5-8H,3-4H2,1-2H3,(H,22,24,26). The van der Waals surface area contributed by atoms with E-state index in [1.165, 1.54) is 0 Å². The molecule has 0 atom stereocenters. The van der Waals surface area contributed by atoms with E-state index in [1.807, 2.05) is 13.8 Å². The number of carbonyl (C=O) groups is 1. The first-order valence-electron chi connectivity index (χ1n) is 8.34. The van der Waals surface area contributed by atoms with Crippen LogP contribution in [-0.4, -0.2) is 30.9 Å². The highest BCUT2D eigenvalue weighted by atomic mass is 32.1. The normalized spacial score (nSPS) is 14.9. The van der Waals surface area contributed by atoms with Gasteiger partial charge in [0.05, 0.1) is 17.1 Å². The summed E-state index contributed by atoms with van der Waals surface area (Å²) in [5.74, 6) is -0.257. The van der Waals surface area contributed by atoms with Gasteiger partial charge in [0.1, 0.15) is 0 Å². The number of pyridine rings is 1. The minimum Gasteiger partial charge on any atom is -0.296 e. The van der Waals surface area contributed by atoms with E-state index >= 15 is 0 Å². The highest BCUT2D eigenvalue weighted by Crippen LogP contribution is 2.40. The molecule has 0 radical (unpaired) electrons. The Hall–Kier alpha value is -2.56. The van der Waals surface area contributed by atoms with Crippen LogP contribution in [0.15, 0.2) is 12.3 Å². The number of nitrogens with one attached hydrogen (secondary N) is 1. The fraction of sp³-hybridized carbons (Fsp3) is 0.438. The molecule has 3 aromatic heterocycles. The number of hydrogen-bond acceptors (Lipinski definition) is 6. The van der Waals surface area contributed by atoms with Crippen LogP contribution in [0, 0.1) is 0 Å². The summed E-state index contributed by atoms with van der Waals surface area (Å²) in [6.45, 7) is 3.91. The number of halogens is 3. The molecule has 1 N–H and O–H groups in total. The van der Waals surface area contributed by atoms with Crippen molar-refractivity contribution in [2.24, 2.45) is 0 Å². The lowest BCUT2D eigenvalue weighted by atomic mass is 10.1. The van der Waals surface area contributed by atoms with Crippen LogP contribution in [0.2, 0.25) is 0 Å². The van der Waals surface area contributed by atoms with Gasteiger partial charge in [-0.05, 0) is 32.8 Å². The lowest BCUT2D eigenvalue weighted by Gasteiger charge is -2.10. The molecule has 0 aromatic carbocycles. The topological polar surface area (TPSA) is 85.6 Å². The Labute approximate surface area is 155 Å². The highest BCUT2D eigenvalue weighted by molar-refractivity contribution is 7.15. The molecule has 0 unspecified atom stereocenters. The molecule has 1 aliphatic rings. The number of fused-ring (bicyclic) bond motifs is 1. The maximum atomic E-state index is 12.7. The largest absolute Gasteiger partial charge is 0.445 e. The van der Waals surface area contributed by atoms with E-state index in [-0.39, 0.29) is 22.5 Å². The smallest absolute Gasteiger partial charge is 0.296 e. The first kappa shape index (κ1) is 17.8. The second kappa shape index (κ2) is 6.25. The summed E-state index contributed by atoms with van der Waals surface area (Å²) in [6, 6.07) is 1.74. The molecule has 1 amide bonds. The Bertz CT molecular complexity index is 1020. The maximum absolute atomic E-state index is 12.7. The monoisotopic (exact) mass is 396 g/mol. The molecule has 0 spiro atoms. The number of rotatable bonds is 4. The van der Waals surface area contributed by atoms with Crippen LogP contribution in [0.1, 0.15) is 59.7 Å². The van der Waals surface area contributed by atoms with Gasteiger partial charge in [0.25, 0.3) is 5.91 Å². The fourth-order valence-electron chi connectivity index (χ4n) is 2.74. The number of aromatic nitrogens is 5. The summed E-state index contributed by atoms with van der Waals surface area (Å²) < 4.78 is 39.7. The molecule has 0 aliphatic heterocycles. The second-order valence-electron chi connectivity index (χ2n) is 6.65. The van der Waals surface area contributed by atoms with Gasteiger partial charge in [0, 0.05) is 17.7 Å². The summed E-state index contributed by atoms with van der Waals surface area (Å²) in [5.41, 5.74) is 1.70. The molecule has 3 aromatic rings. The third-order valence-corrected chi connectivity index (χ3v) is 5.09. The van der Waals surface area contributed by atoms with Crippen LogP contribution in [0.5, 0.6) is 0 Å². The minimum atomic E-state index is -4.60. The maximum Gasteiger partial charge on any atom is 0.445 e. The van der Waals surface area contributed by atoms with Crippen LogP contribution >= 0.6 is 11.3 Å². The van der Waals surface area contributed by atoms with Gasteiger partial charge in [0.15, 0.2) is 5.65 Å². The zero-order chi connectivity index (χ0) is 19.3. The molecular formula is C16H15F3N6OS. The van der Waals surface area contributed by atoms with E-state index in [4.69, 9.17) is 0 Å². The van der Waals surface area contributed by atoms with Gasteiger partial charge in [-0.25, -0.2) is 9.67 Å². The molecule has 142 valence electrons. The lowest BCUT2D eigenvalue weighted by molar-refractivity contribution is -0.138. The van der Waals surface area contributed by atoms with Crippen molar-refractivity contribution in [1.82, 2.24) is 25.0 Å². The van der Waals surface area contributed by atoms with E-state index in [0.29, 0.717) is 22.5 Å². The van der Waals surface area contributed by atoms with Gasteiger partial charge in [-0.1, -0.05) is 11.3 Å². The number of hydrogen-bond donors (Lipinski definition) is 1. The lowest BCUT2D eigenvalue weighted by Crippen LogP contribution is -2.13. The van der Waals surface area contributed by atoms with Crippen molar-refractivity contribution in [3.05, 3.63) is 28.5 Å². The van der Waals surface area contributed by atoms with E-state index in [9.17, 15) is 18.0 Å². The number of nitrogens with zero attached hydrogens (tertiary/aromatic N) is 5. The van der Waals surface area contributed by atoms with Crippen LogP contribution in [0.4, 0.5) is 18.3 Å². The molecule has 0 bridgehead atoms. The van der Waals surface area contributed by atoms with Crippen LogP contribution in [0.25, 0.3) is 11.0 Å². The van der Waals surface area contributed by atoms with Crippen molar-refractivity contribution >= 4 is 33.4 Å². The zero-order valence-electron chi connectivity index (χ0n) is 14.4. The molecule has 3 heterocycles. The molecule has 4 rings (SSSR count). The van der Waals surface area contributed by atoms with Crippen molar-refractivity contribution < 1.29 is 18.0 Å². The summed E-state index contributed by atoms with van der Waals surface area (Å²) in [5, 5.41) is 12.4. The highest BCUT2D eigenvalue weighted by Gasteiger charge is 2.36. The predicted octanol–water partition coefficient (Wildman–Crippen LogP) is 4.01. The molecule has 11 heteroatoms. The van der Waals surface area contributed by atoms with Crippen molar-refractivity contribution in [3.63, 3.8) is 0 Å². The summed E-state index contributed by atoms with van der Waals surface area (Å²) in [4.78, 5) is 17.4. The van der Waals surface area contributed by atoms with E-state index in [0.717, 1.165) is 18.5 Å². The van der Waals surface area contributed by atoms with Crippen molar-refractivity contribution in [3.8, 4) is 0 Å². The average molecular weight is 396 g/mol. The zero-order valence-corrected chi connectivity index (χ0v) is 15.2. The SMILES string of the molecule is CC(C)n1ncc2c(C(=O)Nc3nnc(C(F)(F)F)s3)cc(C3CC3)nc21. The van der Waals surface area contributed by atoms with Gasteiger partial charge in [-0.15, -0.1) is 10.2 Å². The average Bonchev–Trinajstić information content (AvgIpc) is 3.16.